The number of carbonyl (C=O) groups excluding carboxylic acids is 1. The molecule has 0 unspecified atom stereocenters. The molecule has 0 aliphatic carbocycles. The van der Waals surface area contributed by atoms with Crippen LogP contribution in [-0.4, -0.2) is 11.9 Å². The van der Waals surface area contributed by atoms with Crippen LogP contribution in [0.15, 0.2) is 65.7 Å². The number of hydrogen-bond acceptors (Lipinski definition) is 3. The predicted octanol–water partition coefficient (Wildman–Crippen LogP) is 1.57. The maximum Gasteiger partial charge on any atom is 0.259 e. The minimum absolute atomic E-state index is 0.176. The van der Waals surface area contributed by atoms with Crippen LogP contribution in [0.3, 0.4) is 0 Å². The fourth-order valence-electron chi connectivity index (χ4n) is 2.53. The molecular weight excluding hydrogens is 250 g/mol. The number of nitrogens with zero attached hydrogens (tertiary/aromatic N) is 1. The lowest BCUT2D eigenvalue weighted by atomic mass is 9.84. The Morgan fingerprint density at radius 2 is 1.60 bits per heavy atom. The monoisotopic (exact) mass is 265 g/mol. The molecule has 0 saturated carbocycles. The summed E-state index contributed by atoms with van der Waals surface area (Å²) in [5.74, 6) is -0.000151. The maximum atomic E-state index is 12.4. The van der Waals surface area contributed by atoms with Crippen molar-refractivity contribution in [1.29, 1.82) is 0 Å². The normalized spacial score (nSPS) is 21.4. The minimum Gasteiger partial charge on any atom is -0.370 e. The van der Waals surface area contributed by atoms with E-state index >= 15 is 0 Å². The van der Waals surface area contributed by atoms with E-state index in [4.69, 9.17) is 5.73 Å². The molecule has 1 aliphatic rings. The first-order valence-electron chi connectivity index (χ1n) is 6.47. The van der Waals surface area contributed by atoms with Gasteiger partial charge in [-0.3, -0.25) is 10.1 Å². The summed E-state index contributed by atoms with van der Waals surface area (Å²) >= 11 is 0. The van der Waals surface area contributed by atoms with Crippen molar-refractivity contribution in [1.82, 2.24) is 5.32 Å². The summed E-state index contributed by atoms with van der Waals surface area (Å²) in [6.45, 7) is 0. The van der Waals surface area contributed by atoms with Gasteiger partial charge in [-0.15, -0.1) is 0 Å². The highest BCUT2D eigenvalue weighted by Crippen LogP contribution is 2.33. The Morgan fingerprint density at radius 1 is 1.00 bits per heavy atom. The van der Waals surface area contributed by atoms with Gasteiger partial charge in [0.1, 0.15) is 0 Å². The number of nitrogens with two attached hydrogens (primary N) is 1. The average molecular weight is 265 g/mol. The van der Waals surface area contributed by atoms with Crippen LogP contribution < -0.4 is 11.1 Å². The number of amides is 1. The van der Waals surface area contributed by atoms with E-state index in [-0.39, 0.29) is 11.9 Å². The summed E-state index contributed by atoms with van der Waals surface area (Å²) in [5, 5.41) is 2.62. The van der Waals surface area contributed by atoms with Gasteiger partial charge in [-0.25, -0.2) is 4.99 Å². The number of aliphatic imine (C=N–C) groups is 1. The zero-order valence-corrected chi connectivity index (χ0v) is 10.9. The van der Waals surface area contributed by atoms with Gasteiger partial charge in [-0.2, -0.15) is 0 Å². The number of nitrogens with one attached hydrogen (secondary N) is 1. The summed E-state index contributed by atoms with van der Waals surface area (Å²) < 4.78 is 0. The van der Waals surface area contributed by atoms with Crippen LogP contribution in [0, 0.1) is 0 Å². The van der Waals surface area contributed by atoms with Crippen LogP contribution in [0.4, 0.5) is 0 Å². The van der Waals surface area contributed by atoms with E-state index < -0.39 is 5.54 Å². The first-order valence-corrected chi connectivity index (χ1v) is 6.47. The predicted molar refractivity (Wildman–Crippen MR) is 78.0 cm³/mol. The molecule has 2 aromatic carbocycles. The van der Waals surface area contributed by atoms with Crippen molar-refractivity contribution in [3.05, 3.63) is 71.8 Å². The number of guanidine groups is 1. The molecule has 0 radical (unpaired) electrons. The quantitative estimate of drug-likeness (QED) is 0.884. The zero-order valence-electron chi connectivity index (χ0n) is 10.9. The van der Waals surface area contributed by atoms with E-state index in [0.29, 0.717) is 6.42 Å². The van der Waals surface area contributed by atoms with E-state index in [2.05, 4.69) is 10.3 Å². The Hall–Kier alpha value is -2.62. The molecule has 4 nitrogen and oxygen atoms in total. The van der Waals surface area contributed by atoms with Crippen LogP contribution in [-0.2, 0) is 16.8 Å². The van der Waals surface area contributed by atoms with E-state index in [0.717, 1.165) is 11.1 Å². The molecule has 4 heteroatoms. The molecule has 1 aliphatic heterocycles. The molecule has 0 bridgehead atoms. The highest BCUT2D eigenvalue weighted by molar-refractivity contribution is 6.07. The van der Waals surface area contributed by atoms with Crippen LogP contribution in [0.5, 0.6) is 0 Å². The molecule has 1 atom stereocenters. The molecular formula is C16H15N3O. The molecule has 0 fully saturated rings. The molecule has 3 N–H and O–H groups in total. The second-order valence-electron chi connectivity index (χ2n) is 4.84. The zero-order chi connectivity index (χ0) is 14.0. The third-order valence-electron chi connectivity index (χ3n) is 3.48. The summed E-state index contributed by atoms with van der Waals surface area (Å²) in [6, 6.07) is 19.4. The standard InChI is InChI=1S/C16H15N3O/c17-15-18-14(20)16(19-15,13-9-5-2-6-10-13)11-12-7-3-1-4-8-12/h1-10H,11H2,(H3,17,18,19,20)/t16-/m1/s1. The van der Waals surface area contributed by atoms with Crippen molar-refractivity contribution in [2.24, 2.45) is 10.7 Å². The molecule has 1 heterocycles. The number of hydrogen-bond donors (Lipinski definition) is 2. The molecule has 100 valence electrons. The Labute approximate surface area is 117 Å². The van der Waals surface area contributed by atoms with Crippen LogP contribution in [0.1, 0.15) is 11.1 Å². The van der Waals surface area contributed by atoms with Crippen LogP contribution in [0.2, 0.25) is 0 Å². The topological polar surface area (TPSA) is 67.5 Å². The fraction of sp³-hybridized carbons (Fsp3) is 0.125. The van der Waals surface area contributed by atoms with Gasteiger partial charge in [0.15, 0.2) is 11.5 Å². The van der Waals surface area contributed by atoms with Crippen molar-refractivity contribution in [3.63, 3.8) is 0 Å². The van der Waals surface area contributed by atoms with Gasteiger partial charge >= 0.3 is 0 Å². The molecule has 0 spiro atoms. The first-order chi connectivity index (χ1) is 9.71. The highest BCUT2D eigenvalue weighted by Gasteiger charge is 2.44. The Bertz CT molecular complexity index is 652. The lowest BCUT2D eigenvalue weighted by Crippen LogP contribution is -2.40. The van der Waals surface area contributed by atoms with Gasteiger partial charge < -0.3 is 5.73 Å². The van der Waals surface area contributed by atoms with Gasteiger partial charge in [0.2, 0.25) is 0 Å². The Kier molecular flexibility index (Phi) is 2.99. The number of rotatable bonds is 3. The van der Waals surface area contributed by atoms with Crippen LogP contribution >= 0.6 is 0 Å². The van der Waals surface area contributed by atoms with Gasteiger partial charge in [0.05, 0.1) is 0 Å². The highest BCUT2D eigenvalue weighted by atomic mass is 16.2. The second kappa shape index (κ2) is 4.81. The van der Waals surface area contributed by atoms with Crippen molar-refractivity contribution in [2.45, 2.75) is 12.0 Å². The van der Waals surface area contributed by atoms with Crippen molar-refractivity contribution < 1.29 is 4.79 Å². The SMILES string of the molecule is NC1=N[C@](Cc2ccccc2)(c2ccccc2)C(=O)N1. The van der Waals surface area contributed by atoms with E-state index in [1.165, 1.54) is 0 Å². The maximum absolute atomic E-state index is 12.4. The van der Waals surface area contributed by atoms with E-state index in [9.17, 15) is 4.79 Å². The van der Waals surface area contributed by atoms with Crippen molar-refractivity contribution in [2.75, 3.05) is 0 Å². The van der Waals surface area contributed by atoms with Gasteiger partial charge in [0, 0.05) is 6.42 Å². The smallest absolute Gasteiger partial charge is 0.259 e. The van der Waals surface area contributed by atoms with E-state index in [1.54, 1.807) is 0 Å². The van der Waals surface area contributed by atoms with Crippen molar-refractivity contribution in [3.8, 4) is 0 Å². The average Bonchev–Trinajstić information content (AvgIpc) is 2.76. The lowest BCUT2D eigenvalue weighted by molar-refractivity contribution is -0.124. The van der Waals surface area contributed by atoms with Crippen molar-refractivity contribution >= 4 is 11.9 Å². The molecule has 3 rings (SSSR count). The Morgan fingerprint density at radius 3 is 2.15 bits per heavy atom. The minimum atomic E-state index is -0.966. The van der Waals surface area contributed by atoms with Crippen LogP contribution in [0.25, 0.3) is 0 Å². The summed E-state index contributed by atoms with van der Waals surface area (Å²) in [6.07, 6.45) is 0.490. The molecule has 0 aromatic heterocycles. The fourth-order valence-corrected chi connectivity index (χ4v) is 2.53. The van der Waals surface area contributed by atoms with Gasteiger partial charge in [-0.05, 0) is 11.1 Å². The molecule has 2 aromatic rings. The third kappa shape index (κ3) is 2.05. The second-order valence-corrected chi connectivity index (χ2v) is 4.84. The van der Waals surface area contributed by atoms with Gasteiger partial charge in [-0.1, -0.05) is 60.7 Å². The first kappa shape index (κ1) is 12.4. The largest absolute Gasteiger partial charge is 0.370 e. The summed E-state index contributed by atoms with van der Waals surface area (Å²) in [5.41, 5.74) is 6.64. The third-order valence-corrected chi connectivity index (χ3v) is 3.48. The molecule has 1 amide bonds. The lowest BCUT2D eigenvalue weighted by Gasteiger charge is -2.24. The summed E-state index contributed by atoms with van der Waals surface area (Å²) in [4.78, 5) is 16.8. The number of benzene rings is 2. The Balaban J connectivity index is 2.08. The molecule has 0 saturated heterocycles. The van der Waals surface area contributed by atoms with Gasteiger partial charge in [0.25, 0.3) is 5.91 Å². The number of carbonyl (C=O) groups is 1. The summed E-state index contributed by atoms with van der Waals surface area (Å²) in [7, 11) is 0. The van der Waals surface area contributed by atoms with E-state index in [1.807, 2.05) is 60.7 Å². The molecule has 20 heavy (non-hydrogen) atoms.